The van der Waals surface area contributed by atoms with Crippen LogP contribution in [0, 0.1) is 3.57 Å². The van der Waals surface area contributed by atoms with Crippen LogP contribution in [0.25, 0.3) is 0 Å². The number of ether oxygens (including phenoxy) is 3. The van der Waals surface area contributed by atoms with E-state index in [1.807, 2.05) is 0 Å². The lowest BCUT2D eigenvalue weighted by Gasteiger charge is -2.15. The highest BCUT2D eigenvalue weighted by molar-refractivity contribution is 14.1. The van der Waals surface area contributed by atoms with Crippen molar-refractivity contribution >= 4 is 28.5 Å². The van der Waals surface area contributed by atoms with Crippen LogP contribution in [0.15, 0.2) is 36.4 Å². The Morgan fingerprint density at radius 1 is 1.08 bits per heavy atom. The molecule has 0 spiro atoms. The lowest BCUT2D eigenvalue weighted by Crippen LogP contribution is -2.29. The van der Waals surface area contributed by atoms with Crippen LogP contribution in [-0.4, -0.2) is 38.9 Å². The average Bonchev–Trinajstić information content (AvgIpc) is 2.65. The molecule has 0 radical (unpaired) electrons. The number of benzene rings is 2. The summed E-state index contributed by atoms with van der Waals surface area (Å²) in [6.45, 7) is 0.0928. The minimum absolute atomic E-state index is 0.0928. The van der Waals surface area contributed by atoms with E-state index >= 15 is 0 Å². The molecule has 2 aromatic rings. The van der Waals surface area contributed by atoms with Gasteiger partial charge < -0.3 is 24.6 Å². The number of carbonyl (C=O) groups is 1. The standard InChI is InChI=1S/C18H20INO5/c1-23-12-6-4-11(5-7-12)15(21)10-20-18(22)13-8-16(24-2)17(25-3)9-14(13)19/h4-9,15,21H,10H2,1-3H3,(H,20,22). The molecule has 1 amide bonds. The van der Waals surface area contributed by atoms with Gasteiger partial charge in [-0.3, -0.25) is 4.79 Å². The molecule has 2 aromatic carbocycles. The molecule has 0 fully saturated rings. The normalized spacial score (nSPS) is 11.6. The van der Waals surface area contributed by atoms with Crippen molar-refractivity contribution in [1.29, 1.82) is 0 Å². The van der Waals surface area contributed by atoms with Gasteiger partial charge in [0.05, 0.1) is 33.0 Å². The molecule has 6 nitrogen and oxygen atoms in total. The largest absolute Gasteiger partial charge is 0.497 e. The second kappa shape index (κ2) is 8.91. The second-order valence-electron chi connectivity index (χ2n) is 5.19. The zero-order valence-electron chi connectivity index (χ0n) is 14.2. The van der Waals surface area contributed by atoms with Gasteiger partial charge in [-0.2, -0.15) is 0 Å². The van der Waals surface area contributed by atoms with E-state index in [1.165, 1.54) is 7.11 Å². The Kier molecular flexibility index (Phi) is 6.89. The summed E-state index contributed by atoms with van der Waals surface area (Å²) in [5.74, 6) is 1.45. The third-order valence-electron chi connectivity index (χ3n) is 3.67. The number of rotatable bonds is 7. The topological polar surface area (TPSA) is 77.0 Å². The molecule has 1 atom stereocenters. The van der Waals surface area contributed by atoms with E-state index < -0.39 is 6.10 Å². The van der Waals surface area contributed by atoms with Crippen LogP contribution in [-0.2, 0) is 0 Å². The molecule has 0 aliphatic rings. The minimum Gasteiger partial charge on any atom is -0.497 e. The molecule has 0 aliphatic carbocycles. The predicted molar refractivity (Wildman–Crippen MR) is 103 cm³/mol. The van der Waals surface area contributed by atoms with Crippen molar-refractivity contribution in [1.82, 2.24) is 5.32 Å². The summed E-state index contributed by atoms with van der Waals surface area (Å²) in [5, 5.41) is 13.0. The van der Waals surface area contributed by atoms with Crippen molar-refractivity contribution in [2.75, 3.05) is 27.9 Å². The summed E-state index contributed by atoms with van der Waals surface area (Å²) in [6.07, 6.45) is -0.812. The first-order valence-electron chi connectivity index (χ1n) is 7.51. The molecule has 134 valence electrons. The van der Waals surface area contributed by atoms with E-state index in [4.69, 9.17) is 14.2 Å². The molecule has 2 N–H and O–H groups in total. The lowest BCUT2D eigenvalue weighted by molar-refractivity contribution is 0.0915. The van der Waals surface area contributed by atoms with E-state index in [1.54, 1.807) is 50.6 Å². The van der Waals surface area contributed by atoms with Crippen LogP contribution in [0.3, 0.4) is 0 Å². The Labute approximate surface area is 160 Å². The first kappa shape index (κ1) is 19.3. The van der Waals surface area contributed by atoms with Gasteiger partial charge in [0, 0.05) is 10.1 Å². The number of halogens is 1. The van der Waals surface area contributed by atoms with Crippen LogP contribution in [0.1, 0.15) is 22.0 Å². The summed E-state index contributed by atoms with van der Waals surface area (Å²) in [5.41, 5.74) is 1.16. The van der Waals surface area contributed by atoms with Gasteiger partial charge in [-0.25, -0.2) is 0 Å². The van der Waals surface area contributed by atoms with Crippen molar-refractivity contribution < 1.29 is 24.1 Å². The first-order chi connectivity index (χ1) is 12.0. The van der Waals surface area contributed by atoms with Gasteiger partial charge >= 0.3 is 0 Å². The van der Waals surface area contributed by atoms with Crippen LogP contribution >= 0.6 is 22.6 Å². The number of hydrogen-bond acceptors (Lipinski definition) is 5. The molecule has 0 aliphatic heterocycles. The van der Waals surface area contributed by atoms with Gasteiger partial charge in [-0.1, -0.05) is 12.1 Å². The van der Waals surface area contributed by atoms with E-state index in [9.17, 15) is 9.90 Å². The molecule has 0 aromatic heterocycles. The maximum Gasteiger partial charge on any atom is 0.252 e. The third kappa shape index (κ3) is 4.76. The quantitative estimate of drug-likeness (QED) is 0.626. The van der Waals surface area contributed by atoms with E-state index in [2.05, 4.69) is 27.9 Å². The van der Waals surface area contributed by atoms with Gasteiger partial charge in [0.1, 0.15) is 5.75 Å². The van der Waals surface area contributed by atoms with Gasteiger partial charge in [0.15, 0.2) is 11.5 Å². The Morgan fingerprint density at radius 2 is 1.68 bits per heavy atom. The number of carbonyl (C=O) groups excluding carboxylic acids is 1. The van der Waals surface area contributed by atoms with E-state index in [-0.39, 0.29) is 12.5 Å². The molecule has 25 heavy (non-hydrogen) atoms. The van der Waals surface area contributed by atoms with Crippen molar-refractivity contribution in [2.45, 2.75) is 6.10 Å². The zero-order valence-corrected chi connectivity index (χ0v) is 16.4. The smallest absolute Gasteiger partial charge is 0.252 e. The monoisotopic (exact) mass is 457 g/mol. The van der Waals surface area contributed by atoms with E-state index in [0.29, 0.717) is 28.4 Å². The molecule has 0 saturated heterocycles. The number of aliphatic hydroxyl groups is 1. The molecular formula is C18H20INO5. The van der Waals surface area contributed by atoms with Gasteiger partial charge in [0.25, 0.3) is 5.91 Å². The molecule has 1 unspecified atom stereocenters. The van der Waals surface area contributed by atoms with Gasteiger partial charge in [-0.15, -0.1) is 0 Å². The summed E-state index contributed by atoms with van der Waals surface area (Å²) >= 11 is 2.06. The zero-order chi connectivity index (χ0) is 18.4. The first-order valence-corrected chi connectivity index (χ1v) is 8.59. The molecule has 2 rings (SSSR count). The molecular weight excluding hydrogens is 437 g/mol. The summed E-state index contributed by atoms with van der Waals surface area (Å²) < 4.78 is 16.3. The summed E-state index contributed by atoms with van der Waals surface area (Å²) in [7, 11) is 4.63. The highest BCUT2D eigenvalue weighted by Gasteiger charge is 2.17. The third-order valence-corrected chi connectivity index (χ3v) is 4.57. The fraction of sp³-hybridized carbons (Fsp3) is 0.278. The Bertz CT molecular complexity index is 733. The number of aliphatic hydroxyl groups excluding tert-OH is 1. The highest BCUT2D eigenvalue weighted by Crippen LogP contribution is 2.31. The number of methoxy groups -OCH3 is 3. The van der Waals surface area contributed by atoms with Crippen molar-refractivity contribution in [3.05, 3.63) is 51.1 Å². The summed E-state index contributed by atoms with van der Waals surface area (Å²) in [4.78, 5) is 12.4. The van der Waals surface area contributed by atoms with Crippen molar-refractivity contribution in [2.24, 2.45) is 0 Å². The molecule has 0 heterocycles. The minimum atomic E-state index is -0.812. The molecule has 0 saturated carbocycles. The lowest BCUT2D eigenvalue weighted by atomic mass is 10.1. The highest BCUT2D eigenvalue weighted by atomic mass is 127. The predicted octanol–water partition coefficient (Wildman–Crippen LogP) is 2.78. The maximum absolute atomic E-state index is 12.4. The Balaban J connectivity index is 2.06. The van der Waals surface area contributed by atoms with E-state index in [0.717, 1.165) is 3.57 Å². The SMILES string of the molecule is COc1ccc(C(O)CNC(=O)c2cc(OC)c(OC)cc2I)cc1. The number of hydrogen-bond donors (Lipinski definition) is 2. The fourth-order valence-electron chi connectivity index (χ4n) is 2.26. The summed E-state index contributed by atoms with van der Waals surface area (Å²) in [6, 6.07) is 10.4. The van der Waals surface area contributed by atoms with Crippen molar-refractivity contribution in [3.63, 3.8) is 0 Å². The van der Waals surface area contributed by atoms with Crippen LogP contribution in [0.5, 0.6) is 17.2 Å². The van der Waals surface area contributed by atoms with Gasteiger partial charge in [0.2, 0.25) is 0 Å². The number of nitrogens with one attached hydrogen (secondary N) is 1. The fourth-order valence-corrected chi connectivity index (χ4v) is 2.94. The van der Waals surface area contributed by atoms with Crippen LogP contribution in [0.2, 0.25) is 0 Å². The van der Waals surface area contributed by atoms with Crippen LogP contribution < -0.4 is 19.5 Å². The number of amides is 1. The Hall–Kier alpha value is -2.00. The molecule has 0 bridgehead atoms. The van der Waals surface area contributed by atoms with Crippen molar-refractivity contribution in [3.8, 4) is 17.2 Å². The average molecular weight is 457 g/mol. The maximum atomic E-state index is 12.4. The van der Waals surface area contributed by atoms with Crippen LogP contribution in [0.4, 0.5) is 0 Å². The Morgan fingerprint density at radius 3 is 2.24 bits per heavy atom. The van der Waals surface area contributed by atoms with Gasteiger partial charge in [-0.05, 0) is 52.4 Å². The second-order valence-corrected chi connectivity index (χ2v) is 6.35. The molecule has 7 heteroatoms.